The van der Waals surface area contributed by atoms with Crippen LogP contribution in [-0.4, -0.2) is 20.7 Å². The molecule has 0 spiro atoms. The van der Waals surface area contributed by atoms with Gasteiger partial charge in [-0.15, -0.1) is 0 Å². The third kappa shape index (κ3) is 4.14. The summed E-state index contributed by atoms with van der Waals surface area (Å²) in [5.74, 6) is 0.109. The fourth-order valence-electron chi connectivity index (χ4n) is 3.12. The van der Waals surface area contributed by atoms with Crippen LogP contribution in [0.25, 0.3) is 10.9 Å². The molecule has 2 aromatic carbocycles. The molecule has 4 rings (SSSR count). The Balaban J connectivity index is 1.37. The first-order valence-corrected chi connectivity index (χ1v) is 9.70. The predicted molar refractivity (Wildman–Crippen MR) is 111 cm³/mol. The van der Waals surface area contributed by atoms with Crippen molar-refractivity contribution in [2.45, 2.75) is 19.4 Å². The average Bonchev–Trinajstić information content (AvgIpc) is 3.25. The number of hydrogen-bond acceptors (Lipinski definition) is 2. The first-order chi connectivity index (χ1) is 13.6. The van der Waals surface area contributed by atoms with Crippen molar-refractivity contribution in [2.75, 3.05) is 5.32 Å². The lowest BCUT2D eigenvalue weighted by Crippen LogP contribution is -2.13. The molecule has 0 fully saturated rings. The van der Waals surface area contributed by atoms with Crippen molar-refractivity contribution >= 4 is 38.6 Å². The number of nitrogens with one attached hydrogen (secondary N) is 2. The Morgan fingerprint density at radius 1 is 1.18 bits per heavy atom. The van der Waals surface area contributed by atoms with Gasteiger partial charge in [-0.3, -0.25) is 9.48 Å². The molecule has 0 bridgehead atoms. The van der Waals surface area contributed by atoms with Gasteiger partial charge in [-0.05, 0) is 51.7 Å². The second-order valence-electron chi connectivity index (χ2n) is 6.56. The van der Waals surface area contributed by atoms with E-state index in [-0.39, 0.29) is 11.7 Å². The largest absolute Gasteiger partial charge is 0.361 e. The molecule has 1 amide bonds. The lowest BCUT2D eigenvalue weighted by Gasteiger charge is -2.03. The number of H-pyrrole nitrogens is 1. The highest BCUT2D eigenvalue weighted by molar-refractivity contribution is 9.10. The summed E-state index contributed by atoms with van der Waals surface area (Å²) in [6.45, 7) is 0.490. The number of carbonyl (C=O) groups excluding carboxylic acids is 1. The predicted octanol–water partition coefficient (Wildman–Crippen LogP) is 4.89. The van der Waals surface area contributed by atoms with E-state index in [2.05, 4.69) is 31.3 Å². The van der Waals surface area contributed by atoms with Crippen LogP contribution in [0.15, 0.2) is 65.4 Å². The molecular weight excluding hydrogens is 423 g/mol. The van der Waals surface area contributed by atoms with Gasteiger partial charge in [0.15, 0.2) is 5.82 Å². The number of aromatic amines is 1. The smallest absolute Gasteiger partial charge is 0.225 e. The number of para-hydroxylation sites is 1. The first kappa shape index (κ1) is 18.4. The maximum absolute atomic E-state index is 13.0. The molecule has 0 unspecified atom stereocenters. The number of anilines is 1. The molecule has 0 aliphatic rings. The van der Waals surface area contributed by atoms with Gasteiger partial charge >= 0.3 is 0 Å². The van der Waals surface area contributed by atoms with Crippen LogP contribution in [0, 0.1) is 5.82 Å². The number of halogens is 2. The average molecular weight is 441 g/mol. The topological polar surface area (TPSA) is 62.7 Å². The Labute approximate surface area is 169 Å². The van der Waals surface area contributed by atoms with Crippen molar-refractivity contribution in [3.05, 3.63) is 82.3 Å². The number of hydrogen-bond donors (Lipinski definition) is 2. The number of aryl methyl sites for hydroxylation is 1. The Morgan fingerprint density at radius 2 is 1.96 bits per heavy atom. The number of amides is 1. The van der Waals surface area contributed by atoms with Crippen LogP contribution in [0.3, 0.4) is 0 Å². The molecular formula is C21H18BrFN4O. The molecule has 28 heavy (non-hydrogen) atoms. The fraction of sp³-hybridized carbons (Fsp3) is 0.143. The summed E-state index contributed by atoms with van der Waals surface area (Å²) >= 11 is 3.43. The Hall–Kier alpha value is -2.93. The summed E-state index contributed by atoms with van der Waals surface area (Å²) in [4.78, 5) is 15.6. The number of fused-ring (bicyclic) bond motifs is 1. The molecule has 0 aliphatic heterocycles. The number of carbonyl (C=O) groups is 1. The Morgan fingerprint density at radius 3 is 2.79 bits per heavy atom. The zero-order valence-corrected chi connectivity index (χ0v) is 16.5. The van der Waals surface area contributed by atoms with Crippen LogP contribution in [0.1, 0.15) is 17.5 Å². The van der Waals surface area contributed by atoms with Crippen LogP contribution in [0.4, 0.5) is 10.2 Å². The van der Waals surface area contributed by atoms with Gasteiger partial charge in [-0.2, -0.15) is 5.10 Å². The lowest BCUT2D eigenvalue weighted by molar-refractivity contribution is -0.116. The number of benzene rings is 2. The lowest BCUT2D eigenvalue weighted by atomic mass is 10.1. The highest BCUT2D eigenvalue weighted by atomic mass is 79.9. The van der Waals surface area contributed by atoms with E-state index in [1.807, 2.05) is 30.5 Å². The summed E-state index contributed by atoms with van der Waals surface area (Å²) in [5.41, 5.74) is 3.11. The highest BCUT2D eigenvalue weighted by Gasteiger charge is 2.12. The van der Waals surface area contributed by atoms with Gasteiger partial charge in [0.05, 0.1) is 11.0 Å². The molecule has 0 aliphatic carbocycles. The molecule has 0 radical (unpaired) electrons. The third-order valence-electron chi connectivity index (χ3n) is 4.53. The number of aromatic nitrogens is 3. The molecule has 0 saturated carbocycles. The van der Waals surface area contributed by atoms with Crippen molar-refractivity contribution in [3.63, 3.8) is 0 Å². The second-order valence-corrected chi connectivity index (χ2v) is 7.41. The van der Waals surface area contributed by atoms with E-state index in [1.165, 1.54) is 12.1 Å². The third-order valence-corrected chi connectivity index (χ3v) is 5.11. The molecule has 2 heterocycles. The van der Waals surface area contributed by atoms with Crippen LogP contribution in [0.2, 0.25) is 0 Å². The molecule has 0 atom stereocenters. The maximum atomic E-state index is 13.0. The molecule has 5 nitrogen and oxygen atoms in total. The van der Waals surface area contributed by atoms with Crippen LogP contribution in [0.5, 0.6) is 0 Å². The SMILES string of the molecule is O=C(CCc1c[nH]c2ccccc12)Nc1nn(Cc2ccc(F)cc2)cc1Br. The first-order valence-electron chi connectivity index (χ1n) is 8.91. The van der Waals surface area contributed by atoms with Crippen molar-refractivity contribution in [1.82, 2.24) is 14.8 Å². The molecule has 142 valence electrons. The fourth-order valence-corrected chi connectivity index (χ4v) is 3.54. The van der Waals surface area contributed by atoms with Crippen molar-refractivity contribution in [3.8, 4) is 0 Å². The number of rotatable bonds is 6. The van der Waals surface area contributed by atoms with E-state index in [0.29, 0.717) is 29.7 Å². The van der Waals surface area contributed by atoms with Gasteiger partial charge in [0.1, 0.15) is 5.82 Å². The molecule has 4 aromatic rings. The minimum Gasteiger partial charge on any atom is -0.361 e. The van der Waals surface area contributed by atoms with E-state index in [4.69, 9.17) is 0 Å². The van der Waals surface area contributed by atoms with Gasteiger partial charge in [-0.25, -0.2) is 4.39 Å². The zero-order valence-electron chi connectivity index (χ0n) is 15.0. The minimum atomic E-state index is -0.270. The Bertz CT molecular complexity index is 1120. The summed E-state index contributed by atoms with van der Waals surface area (Å²) in [5, 5.41) is 8.39. The summed E-state index contributed by atoms with van der Waals surface area (Å²) < 4.78 is 15.4. The second kappa shape index (κ2) is 7.98. The quantitative estimate of drug-likeness (QED) is 0.448. The van der Waals surface area contributed by atoms with E-state index in [0.717, 1.165) is 22.0 Å². The van der Waals surface area contributed by atoms with Gasteiger partial charge in [0.25, 0.3) is 0 Å². The van der Waals surface area contributed by atoms with E-state index in [1.54, 1.807) is 23.0 Å². The van der Waals surface area contributed by atoms with Crippen molar-refractivity contribution in [2.24, 2.45) is 0 Å². The van der Waals surface area contributed by atoms with Gasteiger partial charge in [0.2, 0.25) is 5.91 Å². The van der Waals surface area contributed by atoms with Gasteiger partial charge in [0, 0.05) is 29.7 Å². The molecule has 2 aromatic heterocycles. The van der Waals surface area contributed by atoms with Crippen LogP contribution >= 0.6 is 15.9 Å². The maximum Gasteiger partial charge on any atom is 0.225 e. The van der Waals surface area contributed by atoms with E-state index in [9.17, 15) is 9.18 Å². The van der Waals surface area contributed by atoms with Crippen LogP contribution < -0.4 is 5.32 Å². The monoisotopic (exact) mass is 440 g/mol. The van der Waals surface area contributed by atoms with E-state index >= 15 is 0 Å². The van der Waals surface area contributed by atoms with Crippen LogP contribution in [-0.2, 0) is 17.8 Å². The Kier molecular flexibility index (Phi) is 5.25. The molecule has 7 heteroatoms. The summed E-state index contributed by atoms with van der Waals surface area (Å²) in [6, 6.07) is 14.3. The summed E-state index contributed by atoms with van der Waals surface area (Å²) in [7, 11) is 0. The normalized spacial score (nSPS) is 11.1. The standard InChI is InChI=1S/C21H18BrFN4O/c22-18-13-27(12-14-5-8-16(23)9-6-14)26-21(18)25-20(28)10-7-15-11-24-19-4-2-1-3-17(15)19/h1-6,8-9,11,13,24H,7,10,12H2,(H,25,26,28). The van der Waals surface area contributed by atoms with Crippen molar-refractivity contribution in [1.29, 1.82) is 0 Å². The molecule has 2 N–H and O–H groups in total. The van der Waals surface area contributed by atoms with Crippen molar-refractivity contribution < 1.29 is 9.18 Å². The zero-order chi connectivity index (χ0) is 19.5. The van der Waals surface area contributed by atoms with Gasteiger partial charge in [-0.1, -0.05) is 30.3 Å². The minimum absolute atomic E-state index is 0.0991. The number of nitrogens with zero attached hydrogens (tertiary/aromatic N) is 2. The van der Waals surface area contributed by atoms with E-state index < -0.39 is 0 Å². The van der Waals surface area contributed by atoms with Gasteiger partial charge < -0.3 is 10.3 Å². The molecule has 0 saturated heterocycles. The highest BCUT2D eigenvalue weighted by Crippen LogP contribution is 2.22. The summed E-state index contributed by atoms with van der Waals surface area (Å²) in [6.07, 6.45) is 4.74.